The number of aromatic nitrogens is 1. The standard InChI is InChI=1S/C20H22N2O/c1-14(2)16-9-7-15(8-10-16)12-22-20(23)11-17-13-21-19-6-4-3-5-18(17)19/h3-10,13-14,21H,11-12H2,1-2H3,(H,22,23). The summed E-state index contributed by atoms with van der Waals surface area (Å²) in [6.45, 7) is 4.93. The molecule has 1 heterocycles. The molecule has 0 bridgehead atoms. The Kier molecular flexibility index (Phi) is 4.47. The van der Waals surface area contributed by atoms with Crippen molar-refractivity contribution in [2.75, 3.05) is 0 Å². The van der Waals surface area contributed by atoms with Crippen LogP contribution in [0.4, 0.5) is 0 Å². The highest BCUT2D eigenvalue weighted by Gasteiger charge is 2.08. The molecule has 0 aliphatic heterocycles. The van der Waals surface area contributed by atoms with Gasteiger partial charge in [-0.2, -0.15) is 0 Å². The van der Waals surface area contributed by atoms with E-state index in [9.17, 15) is 4.79 Å². The first-order chi connectivity index (χ1) is 11.1. The first-order valence-corrected chi connectivity index (χ1v) is 8.04. The van der Waals surface area contributed by atoms with Crippen molar-refractivity contribution >= 4 is 16.8 Å². The lowest BCUT2D eigenvalue weighted by atomic mass is 10.0. The van der Waals surface area contributed by atoms with Gasteiger partial charge < -0.3 is 10.3 Å². The monoisotopic (exact) mass is 306 g/mol. The van der Waals surface area contributed by atoms with Crippen LogP contribution >= 0.6 is 0 Å². The average Bonchev–Trinajstić information content (AvgIpc) is 2.96. The summed E-state index contributed by atoms with van der Waals surface area (Å²) in [5.41, 5.74) is 4.55. The number of hydrogen-bond acceptors (Lipinski definition) is 1. The van der Waals surface area contributed by atoms with Gasteiger partial charge in [-0.15, -0.1) is 0 Å². The molecule has 0 saturated heterocycles. The lowest BCUT2D eigenvalue weighted by Gasteiger charge is -2.08. The highest BCUT2D eigenvalue weighted by atomic mass is 16.1. The molecular formula is C20H22N2O. The molecule has 2 N–H and O–H groups in total. The van der Waals surface area contributed by atoms with E-state index in [-0.39, 0.29) is 5.91 Å². The number of benzene rings is 2. The number of para-hydroxylation sites is 1. The van der Waals surface area contributed by atoms with Crippen LogP contribution in [0, 0.1) is 0 Å². The maximum Gasteiger partial charge on any atom is 0.224 e. The van der Waals surface area contributed by atoms with E-state index in [1.54, 1.807) is 0 Å². The SMILES string of the molecule is CC(C)c1ccc(CNC(=O)Cc2c[nH]c3ccccc23)cc1. The maximum atomic E-state index is 12.2. The molecule has 118 valence electrons. The number of H-pyrrole nitrogens is 1. The summed E-state index contributed by atoms with van der Waals surface area (Å²) in [5.74, 6) is 0.572. The molecule has 0 saturated carbocycles. The third kappa shape index (κ3) is 3.62. The smallest absolute Gasteiger partial charge is 0.224 e. The Morgan fingerprint density at radius 1 is 1.09 bits per heavy atom. The van der Waals surface area contributed by atoms with E-state index in [1.807, 2.05) is 30.5 Å². The summed E-state index contributed by atoms with van der Waals surface area (Å²) in [7, 11) is 0. The summed E-state index contributed by atoms with van der Waals surface area (Å²) in [5, 5.41) is 4.11. The normalized spacial score (nSPS) is 11.1. The Hall–Kier alpha value is -2.55. The number of aromatic amines is 1. The Morgan fingerprint density at radius 3 is 2.57 bits per heavy atom. The predicted octanol–water partition coefficient (Wildman–Crippen LogP) is 4.15. The third-order valence-corrected chi connectivity index (χ3v) is 4.16. The Labute approximate surface area is 136 Å². The predicted molar refractivity (Wildman–Crippen MR) is 94.4 cm³/mol. The summed E-state index contributed by atoms with van der Waals surface area (Å²) >= 11 is 0. The summed E-state index contributed by atoms with van der Waals surface area (Å²) < 4.78 is 0. The van der Waals surface area contributed by atoms with E-state index in [0.717, 1.165) is 22.0 Å². The first-order valence-electron chi connectivity index (χ1n) is 8.04. The molecule has 3 nitrogen and oxygen atoms in total. The highest BCUT2D eigenvalue weighted by Crippen LogP contribution is 2.18. The zero-order valence-corrected chi connectivity index (χ0v) is 13.6. The number of carbonyl (C=O) groups is 1. The fourth-order valence-corrected chi connectivity index (χ4v) is 2.73. The highest BCUT2D eigenvalue weighted by molar-refractivity contribution is 5.88. The van der Waals surface area contributed by atoms with Crippen LogP contribution < -0.4 is 5.32 Å². The summed E-state index contributed by atoms with van der Waals surface area (Å²) in [4.78, 5) is 15.4. The van der Waals surface area contributed by atoms with Gasteiger partial charge in [0.1, 0.15) is 0 Å². The van der Waals surface area contributed by atoms with Crippen LogP contribution in [0.5, 0.6) is 0 Å². The van der Waals surface area contributed by atoms with Crippen molar-refractivity contribution in [3.63, 3.8) is 0 Å². The first kappa shape index (κ1) is 15.3. The van der Waals surface area contributed by atoms with Crippen molar-refractivity contribution in [3.8, 4) is 0 Å². The van der Waals surface area contributed by atoms with Crippen molar-refractivity contribution in [1.82, 2.24) is 10.3 Å². The zero-order valence-electron chi connectivity index (χ0n) is 13.6. The molecule has 23 heavy (non-hydrogen) atoms. The van der Waals surface area contributed by atoms with Gasteiger partial charge in [0.25, 0.3) is 0 Å². The molecule has 3 aromatic rings. The van der Waals surface area contributed by atoms with E-state index in [0.29, 0.717) is 18.9 Å². The van der Waals surface area contributed by atoms with Gasteiger partial charge >= 0.3 is 0 Å². The van der Waals surface area contributed by atoms with Crippen LogP contribution in [-0.2, 0) is 17.8 Å². The van der Waals surface area contributed by atoms with Crippen LogP contribution in [0.1, 0.15) is 36.5 Å². The van der Waals surface area contributed by atoms with E-state index < -0.39 is 0 Å². The Morgan fingerprint density at radius 2 is 1.83 bits per heavy atom. The van der Waals surface area contributed by atoms with Crippen LogP contribution in [0.25, 0.3) is 10.9 Å². The molecule has 0 aliphatic carbocycles. The maximum absolute atomic E-state index is 12.2. The van der Waals surface area contributed by atoms with Gasteiger partial charge in [-0.1, -0.05) is 56.3 Å². The molecule has 3 rings (SSSR count). The number of amides is 1. The van der Waals surface area contributed by atoms with Crippen molar-refractivity contribution < 1.29 is 4.79 Å². The lowest BCUT2D eigenvalue weighted by molar-refractivity contribution is -0.120. The topological polar surface area (TPSA) is 44.9 Å². The Bertz CT molecular complexity index is 800. The third-order valence-electron chi connectivity index (χ3n) is 4.16. The van der Waals surface area contributed by atoms with Crippen molar-refractivity contribution in [2.24, 2.45) is 0 Å². The molecule has 0 unspecified atom stereocenters. The number of rotatable bonds is 5. The molecule has 0 radical (unpaired) electrons. The van der Waals surface area contributed by atoms with Crippen molar-refractivity contribution in [2.45, 2.75) is 32.7 Å². The van der Waals surface area contributed by atoms with Crippen molar-refractivity contribution in [3.05, 3.63) is 71.4 Å². The second-order valence-electron chi connectivity index (χ2n) is 6.21. The quantitative estimate of drug-likeness (QED) is 0.731. The van der Waals surface area contributed by atoms with Gasteiger partial charge in [0.15, 0.2) is 0 Å². The molecule has 2 aromatic carbocycles. The van der Waals surface area contributed by atoms with Crippen molar-refractivity contribution in [1.29, 1.82) is 0 Å². The summed E-state index contributed by atoms with van der Waals surface area (Å²) in [6, 6.07) is 16.5. The van der Waals surface area contributed by atoms with E-state index in [1.165, 1.54) is 5.56 Å². The van der Waals surface area contributed by atoms with Crippen LogP contribution in [0.2, 0.25) is 0 Å². The number of carbonyl (C=O) groups excluding carboxylic acids is 1. The number of nitrogens with one attached hydrogen (secondary N) is 2. The van der Waals surface area contributed by atoms with Gasteiger partial charge in [0.05, 0.1) is 6.42 Å². The van der Waals surface area contributed by atoms with E-state index in [2.05, 4.69) is 48.4 Å². The van der Waals surface area contributed by atoms with E-state index >= 15 is 0 Å². The molecule has 0 aliphatic rings. The Balaban J connectivity index is 1.59. The van der Waals surface area contributed by atoms with Gasteiger partial charge in [0, 0.05) is 23.6 Å². The number of fused-ring (bicyclic) bond motifs is 1. The fourth-order valence-electron chi connectivity index (χ4n) is 2.73. The van der Waals surface area contributed by atoms with Gasteiger partial charge in [-0.05, 0) is 28.7 Å². The van der Waals surface area contributed by atoms with Crippen LogP contribution in [-0.4, -0.2) is 10.9 Å². The molecular weight excluding hydrogens is 284 g/mol. The molecule has 3 heteroatoms. The zero-order chi connectivity index (χ0) is 16.2. The van der Waals surface area contributed by atoms with Crippen LogP contribution in [0.15, 0.2) is 54.7 Å². The molecule has 0 spiro atoms. The minimum atomic E-state index is 0.0442. The second-order valence-corrected chi connectivity index (χ2v) is 6.21. The van der Waals surface area contributed by atoms with Gasteiger partial charge in [0.2, 0.25) is 5.91 Å². The average molecular weight is 306 g/mol. The largest absolute Gasteiger partial charge is 0.361 e. The molecule has 1 amide bonds. The number of hydrogen-bond donors (Lipinski definition) is 2. The second kappa shape index (κ2) is 6.69. The van der Waals surface area contributed by atoms with Gasteiger partial charge in [-0.25, -0.2) is 0 Å². The fraction of sp³-hybridized carbons (Fsp3) is 0.250. The molecule has 0 atom stereocenters. The summed E-state index contributed by atoms with van der Waals surface area (Å²) in [6.07, 6.45) is 2.32. The molecule has 1 aromatic heterocycles. The minimum absolute atomic E-state index is 0.0442. The molecule has 0 fully saturated rings. The minimum Gasteiger partial charge on any atom is -0.361 e. The lowest BCUT2D eigenvalue weighted by Crippen LogP contribution is -2.24. The van der Waals surface area contributed by atoms with Gasteiger partial charge in [-0.3, -0.25) is 4.79 Å². The van der Waals surface area contributed by atoms with E-state index in [4.69, 9.17) is 0 Å². The van der Waals surface area contributed by atoms with Crippen LogP contribution in [0.3, 0.4) is 0 Å².